The zero-order chi connectivity index (χ0) is 17.0. The zero-order valence-electron chi connectivity index (χ0n) is 14.5. The first-order chi connectivity index (χ1) is 10.8. The molecule has 4 nitrogen and oxygen atoms in total. The van der Waals surface area contributed by atoms with E-state index in [0.29, 0.717) is 24.7 Å². The molecule has 2 rings (SSSR count). The molecule has 1 saturated heterocycles. The highest BCUT2D eigenvalue weighted by Crippen LogP contribution is 2.23. The standard InChI is InChI=1S/C18H27FN2O2/c1-13-7-5-9-15(19)16(13)20-11-14-8-6-10-21(12-14)17(22)23-18(2,3)4/h5,7,9,14,20H,6,8,10-12H2,1-4H3. The van der Waals surface area contributed by atoms with Crippen LogP contribution in [0.15, 0.2) is 18.2 Å². The molecule has 1 heterocycles. The van der Waals surface area contributed by atoms with Crippen LogP contribution in [0.5, 0.6) is 0 Å². The number of anilines is 1. The van der Waals surface area contributed by atoms with Crippen molar-refractivity contribution < 1.29 is 13.9 Å². The molecule has 128 valence electrons. The van der Waals surface area contributed by atoms with Crippen LogP contribution in [-0.4, -0.2) is 36.2 Å². The van der Waals surface area contributed by atoms with Crippen molar-refractivity contribution in [2.45, 2.75) is 46.1 Å². The Morgan fingerprint density at radius 3 is 2.83 bits per heavy atom. The predicted molar refractivity (Wildman–Crippen MR) is 90.2 cm³/mol. The van der Waals surface area contributed by atoms with Crippen LogP contribution in [0.25, 0.3) is 0 Å². The molecule has 1 aromatic carbocycles. The number of halogens is 1. The summed E-state index contributed by atoms with van der Waals surface area (Å²) in [4.78, 5) is 13.9. The number of rotatable bonds is 3. The van der Waals surface area contributed by atoms with Crippen molar-refractivity contribution in [2.75, 3.05) is 25.0 Å². The van der Waals surface area contributed by atoms with Gasteiger partial charge in [0.2, 0.25) is 0 Å². The molecule has 0 aromatic heterocycles. The number of hydrogen-bond acceptors (Lipinski definition) is 3. The van der Waals surface area contributed by atoms with Crippen LogP contribution in [-0.2, 0) is 4.74 Å². The van der Waals surface area contributed by atoms with Gasteiger partial charge >= 0.3 is 6.09 Å². The van der Waals surface area contributed by atoms with Crippen molar-refractivity contribution >= 4 is 11.8 Å². The van der Waals surface area contributed by atoms with E-state index in [1.165, 1.54) is 6.07 Å². The number of likely N-dealkylation sites (tertiary alicyclic amines) is 1. The van der Waals surface area contributed by atoms with E-state index in [-0.39, 0.29) is 11.9 Å². The van der Waals surface area contributed by atoms with Gasteiger partial charge in [-0.05, 0) is 58.1 Å². The van der Waals surface area contributed by atoms with E-state index in [0.717, 1.165) is 24.9 Å². The van der Waals surface area contributed by atoms with Gasteiger partial charge in [-0.1, -0.05) is 12.1 Å². The third kappa shape index (κ3) is 5.12. The molecule has 1 aliphatic heterocycles. The zero-order valence-corrected chi connectivity index (χ0v) is 14.5. The minimum atomic E-state index is -0.480. The number of carbonyl (C=O) groups excluding carboxylic acids is 1. The fourth-order valence-corrected chi connectivity index (χ4v) is 2.83. The normalized spacial score (nSPS) is 18.7. The lowest BCUT2D eigenvalue weighted by atomic mass is 9.98. The van der Waals surface area contributed by atoms with Crippen molar-refractivity contribution in [1.29, 1.82) is 0 Å². The van der Waals surface area contributed by atoms with E-state index in [2.05, 4.69) is 5.32 Å². The number of carbonyl (C=O) groups is 1. The largest absolute Gasteiger partial charge is 0.444 e. The Hall–Kier alpha value is -1.78. The van der Waals surface area contributed by atoms with Crippen LogP contribution in [0.4, 0.5) is 14.9 Å². The average Bonchev–Trinajstić information content (AvgIpc) is 2.45. The molecule has 1 N–H and O–H groups in total. The summed E-state index contributed by atoms with van der Waals surface area (Å²) in [5, 5.41) is 3.20. The third-order valence-corrected chi connectivity index (χ3v) is 3.96. The number of nitrogens with zero attached hydrogens (tertiary/aromatic N) is 1. The minimum Gasteiger partial charge on any atom is -0.444 e. The summed E-state index contributed by atoms with van der Waals surface area (Å²) >= 11 is 0. The molecular formula is C18H27FN2O2. The molecule has 1 aliphatic rings. The molecule has 1 fully saturated rings. The van der Waals surface area contributed by atoms with Gasteiger partial charge in [-0.3, -0.25) is 0 Å². The van der Waals surface area contributed by atoms with Gasteiger partial charge in [0, 0.05) is 19.6 Å². The van der Waals surface area contributed by atoms with Crippen LogP contribution < -0.4 is 5.32 Å². The molecule has 1 aromatic rings. The minimum absolute atomic E-state index is 0.232. The second-order valence-corrected chi connectivity index (χ2v) is 7.25. The van der Waals surface area contributed by atoms with Crippen molar-refractivity contribution in [2.24, 2.45) is 5.92 Å². The van der Waals surface area contributed by atoms with Gasteiger partial charge in [-0.2, -0.15) is 0 Å². The first kappa shape index (κ1) is 17.6. The van der Waals surface area contributed by atoms with E-state index in [4.69, 9.17) is 4.74 Å². The third-order valence-electron chi connectivity index (χ3n) is 3.96. The molecule has 1 amide bonds. The molecule has 1 atom stereocenters. The molecule has 1 unspecified atom stereocenters. The maximum Gasteiger partial charge on any atom is 0.410 e. The van der Waals surface area contributed by atoms with E-state index in [9.17, 15) is 9.18 Å². The van der Waals surface area contributed by atoms with Crippen LogP contribution in [0, 0.1) is 18.7 Å². The number of nitrogens with one attached hydrogen (secondary N) is 1. The topological polar surface area (TPSA) is 41.6 Å². The Bertz CT molecular complexity index is 534. The Balaban J connectivity index is 1.90. The summed E-state index contributed by atoms with van der Waals surface area (Å²) in [7, 11) is 0. The monoisotopic (exact) mass is 322 g/mol. The predicted octanol–water partition coefficient (Wildman–Crippen LogP) is 4.19. The molecule has 0 aliphatic carbocycles. The summed E-state index contributed by atoms with van der Waals surface area (Å²) in [6.07, 6.45) is 1.71. The number of hydrogen-bond donors (Lipinski definition) is 1. The summed E-state index contributed by atoms with van der Waals surface area (Å²) in [5.41, 5.74) is 0.971. The van der Waals surface area contributed by atoms with E-state index in [1.807, 2.05) is 33.8 Å². The Labute approximate surface area is 138 Å². The number of ether oxygens (including phenoxy) is 1. The summed E-state index contributed by atoms with van der Waals surface area (Å²) in [6.45, 7) is 9.53. The average molecular weight is 322 g/mol. The van der Waals surface area contributed by atoms with E-state index in [1.54, 1.807) is 11.0 Å². The van der Waals surface area contributed by atoms with E-state index < -0.39 is 5.60 Å². The van der Waals surface area contributed by atoms with Gasteiger partial charge in [0.15, 0.2) is 0 Å². The second-order valence-electron chi connectivity index (χ2n) is 7.25. The summed E-state index contributed by atoms with van der Waals surface area (Å²) in [5.74, 6) is 0.0695. The van der Waals surface area contributed by atoms with Gasteiger partial charge in [0.05, 0.1) is 5.69 Å². The lowest BCUT2D eigenvalue weighted by Gasteiger charge is -2.34. The molecular weight excluding hydrogens is 295 g/mol. The highest BCUT2D eigenvalue weighted by Gasteiger charge is 2.27. The fraction of sp³-hybridized carbons (Fsp3) is 0.611. The summed E-state index contributed by atoms with van der Waals surface area (Å²) in [6, 6.07) is 5.06. The first-order valence-corrected chi connectivity index (χ1v) is 8.23. The van der Waals surface area contributed by atoms with Gasteiger partial charge in [-0.15, -0.1) is 0 Å². The van der Waals surface area contributed by atoms with Gasteiger partial charge in [0.1, 0.15) is 11.4 Å². The molecule has 0 spiro atoms. The number of para-hydroxylation sites is 1. The molecule has 5 heteroatoms. The van der Waals surface area contributed by atoms with Gasteiger partial charge in [0.25, 0.3) is 0 Å². The van der Waals surface area contributed by atoms with E-state index >= 15 is 0 Å². The van der Waals surface area contributed by atoms with Crippen LogP contribution in [0.3, 0.4) is 0 Å². The molecule has 0 radical (unpaired) electrons. The van der Waals surface area contributed by atoms with Crippen LogP contribution >= 0.6 is 0 Å². The lowest BCUT2D eigenvalue weighted by Crippen LogP contribution is -2.44. The van der Waals surface area contributed by atoms with Crippen molar-refractivity contribution in [3.05, 3.63) is 29.6 Å². The fourth-order valence-electron chi connectivity index (χ4n) is 2.83. The first-order valence-electron chi connectivity index (χ1n) is 8.23. The maximum absolute atomic E-state index is 13.8. The number of piperidine rings is 1. The number of benzene rings is 1. The molecule has 0 bridgehead atoms. The van der Waals surface area contributed by atoms with Gasteiger partial charge < -0.3 is 15.0 Å². The van der Waals surface area contributed by atoms with Crippen LogP contribution in [0.2, 0.25) is 0 Å². The highest BCUT2D eigenvalue weighted by molar-refractivity contribution is 5.68. The molecule has 23 heavy (non-hydrogen) atoms. The Morgan fingerprint density at radius 1 is 1.43 bits per heavy atom. The second kappa shape index (κ2) is 7.20. The van der Waals surface area contributed by atoms with Crippen LogP contribution in [0.1, 0.15) is 39.2 Å². The Morgan fingerprint density at radius 2 is 2.17 bits per heavy atom. The highest BCUT2D eigenvalue weighted by atomic mass is 19.1. The quantitative estimate of drug-likeness (QED) is 0.907. The van der Waals surface area contributed by atoms with Gasteiger partial charge in [-0.25, -0.2) is 9.18 Å². The van der Waals surface area contributed by atoms with Crippen molar-refractivity contribution in [1.82, 2.24) is 4.90 Å². The van der Waals surface area contributed by atoms with Crippen molar-refractivity contribution in [3.63, 3.8) is 0 Å². The smallest absolute Gasteiger partial charge is 0.410 e. The number of aryl methyl sites for hydroxylation is 1. The SMILES string of the molecule is Cc1cccc(F)c1NCC1CCCN(C(=O)OC(C)(C)C)C1. The number of amides is 1. The maximum atomic E-state index is 13.8. The molecule has 0 saturated carbocycles. The lowest BCUT2D eigenvalue weighted by molar-refractivity contribution is 0.0172. The van der Waals surface area contributed by atoms with Crippen molar-refractivity contribution in [3.8, 4) is 0 Å². The Kier molecular flexibility index (Phi) is 5.50. The summed E-state index contributed by atoms with van der Waals surface area (Å²) < 4.78 is 19.3.